The molecular formula is C26H17F5IrN5. The summed E-state index contributed by atoms with van der Waals surface area (Å²) in [6, 6.07) is 22.3. The third kappa shape index (κ3) is 7.18. The van der Waals surface area contributed by atoms with Crippen LogP contribution in [0.3, 0.4) is 0 Å². The number of halogens is 5. The molecule has 1 aliphatic heterocycles. The third-order valence-electron chi connectivity index (χ3n) is 4.88. The summed E-state index contributed by atoms with van der Waals surface area (Å²) in [5, 5.41) is 5.59. The van der Waals surface area contributed by atoms with E-state index in [0.29, 0.717) is 11.4 Å². The van der Waals surface area contributed by atoms with Gasteiger partial charge in [-0.05, 0) is 30.8 Å². The van der Waals surface area contributed by atoms with Crippen LogP contribution in [-0.4, -0.2) is 16.3 Å². The van der Waals surface area contributed by atoms with E-state index in [1.54, 1.807) is 36.2 Å². The minimum Gasteiger partial charge on any atom is -0.463 e. The van der Waals surface area contributed by atoms with E-state index < -0.39 is 23.6 Å². The van der Waals surface area contributed by atoms with Gasteiger partial charge in [-0.25, -0.2) is 8.78 Å². The second-order valence-corrected chi connectivity index (χ2v) is 7.50. The van der Waals surface area contributed by atoms with E-state index in [2.05, 4.69) is 27.2 Å². The number of benzene rings is 2. The maximum Gasteiger partial charge on any atom is 3.00 e. The van der Waals surface area contributed by atoms with Crippen LogP contribution in [0.15, 0.2) is 78.0 Å². The first-order valence-electron chi connectivity index (χ1n) is 10.5. The van der Waals surface area contributed by atoms with Crippen molar-refractivity contribution in [3.05, 3.63) is 115 Å². The number of hydrogen-bond donors (Lipinski definition) is 0. The minimum atomic E-state index is -4.36. The molecule has 0 fully saturated rings. The Morgan fingerprint density at radius 2 is 1.70 bits per heavy atom. The summed E-state index contributed by atoms with van der Waals surface area (Å²) in [5.41, 5.74) is 2.06. The molecular weight excluding hydrogens is 670 g/mol. The Labute approximate surface area is 223 Å². The molecule has 0 spiro atoms. The zero-order chi connectivity index (χ0) is 25.7. The minimum absolute atomic E-state index is 0. The maximum atomic E-state index is 13.2. The summed E-state index contributed by atoms with van der Waals surface area (Å²) in [6.07, 6.45) is -1.22. The molecule has 5 nitrogen and oxygen atoms in total. The fraction of sp³-hybridized carbons (Fsp3) is 0.0769. The molecule has 37 heavy (non-hydrogen) atoms. The number of rotatable bonds is 3. The Morgan fingerprint density at radius 1 is 0.946 bits per heavy atom. The van der Waals surface area contributed by atoms with E-state index in [4.69, 9.17) is 0 Å². The number of hydrogen-bond acceptors (Lipinski definition) is 5. The number of aromatic nitrogens is 2. The fourth-order valence-corrected chi connectivity index (χ4v) is 3.11. The molecule has 0 saturated heterocycles. The number of pyridine rings is 2. The van der Waals surface area contributed by atoms with Crippen LogP contribution < -0.4 is 9.91 Å². The smallest absolute Gasteiger partial charge is 0.463 e. The van der Waals surface area contributed by atoms with Crippen molar-refractivity contribution in [2.75, 3.05) is 9.91 Å². The topological polar surface area (TPSA) is 44.6 Å². The Balaban J connectivity index is 0.000000211. The number of para-hydroxylation sites is 1. The summed E-state index contributed by atoms with van der Waals surface area (Å²) >= 11 is 0. The van der Waals surface area contributed by atoms with Crippen molar-refractivity contribution in [1.82, 2.24) is 9.97 Å². The van der Waals surface area contributed by atoms with Gasteiger partial charge < -0.3 is 14.9 Å². The molecule has 11 heteroatoms. The Morgan fingerprint density at radius 3 is 2.32 bits per heavy atom. The largest absolute Gasteiger partial charge is 3.00 e. The first kappa shape index (κ1) is 27.9. The summed E-state index contributed by atoms with van der Waals surface area (Å²) in [7, 11) is 0. The average Bonchev–Trinajstić information content (AvgIpc) is 3.35. The quantitative estimate of drug-likeness (QED) is 0.142. The first-order valence-corrected chi connectivity index (χ1v) is 10.5. The number of anilines is 2. The van der Waals surface area contributed by atoms with Gasteiger partial charge in [0, 0.05) is 11.9 Å². The van der Waals surface area contributed by atoms with Gasteiger partial charge in [0.1, 0.15) is 11.9 Å². The Bertz CT molecular complexity index is 1350. The van der Waals surface area contributed by atoms with Crippen molar-refractivity contribution in [3.8, 4) is 11.3 Å². The van der Waals surface area contributed by atoms with Crippen LogP contribution in [0.1, 0.15) is 11.1 Å². The summed E-state index contributed by atoms with van der Waals surface area (Å²) in [5.74, 6) is -1.78. The predicted octanol–water partition coefficient (Wildman–Crippen LogP) is 6.42. The third-order valence-corrected chi connectivity index (χ3v) is 4.88. The summed E-state index contributed by atoms with van der Waals surface area (Å²) in [4.78, 5) is 8.81. The van der Waals surface area contributed by atoms with E-state index in [0.717, 1.165) is 29.4 Å². The number of aryl methyl sites for hydroxylation is 1. The second kappa shape index (κ2) is 12.0. The SMILES string of the molecule is Cc1ccnc(-c2[c-]cc(F)nc2F)c1.FC(F)(F)c1c[c-]c(N2[CH-]N(c3ccccc3)C=N2)cc1.[Ir+3]. The zero-order valence-electron chi connectivity index (χ0n) is 19.0. The van der Waals surface area contributed by atoms with E-state index in [1.807, 2.05) is 37.3 Å². The fourth-order valence-electron chi connectivity index (χ4n) is 3.11. The molecule has 2 aromatic carbocycles. The van der Waals surface area contributed by atoms with E-state index in [-0.39, 0.29) is 25.7 Å². The second-order valence-electron chi connectivity index (χ2n) is 7.50. The van der Waals surface area contributed by atoms with Crippen molar-refractivity contribution in [1.29, 1.82) is 0 Å². The molecule has 2 aromatic heterocycles. The molecule has 0 aliphatic carbocycles. The monoisotopic (exact) mass is 687 g/mol. The summed E-state index contributed by atoms with van der Waals surface area (Å²) < 4.78 is 63.3. The number of alkyl halides is 3. The van der Waals surface area contributed by atoms with Gasteiger partial charge in [0.05, 0.1) is 6.34 Å². The van der Waals surface area contributed by atoms with Crippen molar-refractivity contribution in [2.45, 2.75) is 13.1 Å². The molecule has 0 radical (unpaired) electrons. The van der Waals surface area contributed by atoms with Crippen LogP contribution in [-0.2, 0) is 26.3 Å². The maximum absolute atomic E-state index is 13.2. The molecule has 0 N–H and O–H groups in total. The molecule has 190 valence electrons. The van der Waals surface area contributed by atoms with Gasteiger partial charge >= 0.3 is 26.3 Å². The molecule has 0 atom stereocenters. The van der Waals surface area contributed by atoms with Gasteiger partial charge in [-0.3, -0.25) is 4.98 Å². The van der Waals surface area contributed by atoms with Gasteiger partial charge in [-0.15, -0.1) is 18.8 Å². The van der Waals surface area contributed by atoms with E-state index in [9.17, 15) is 22.0 Å². The number of nitrogens with zero attached hydrogens (tertiary/aromatic N) is 5. The molecule has 4 aromatic rings. The molecule has 0 unspecified atom stereocenters. The average molecular weight is 687 g/mol. The molecule has 0 bridgehead atoms. The van der Waals surface area contributed by atoms with Gasteiger partial charge in [-0.2, -0.15) is 36.5 Å². The van der Waals surface area contributed by atoms with Gasteiger partial charge in [0.2, 0.25) is 0 Å². The Hall–Kier alpha value is -3.69. The van der Waals surface area contributed by atoms with Crippen molar-refractivity contribution in [2.24, 2.45) is 5.10 Å². The molecule has 5 rings (SSSR count). The number of hydrazone groups is 1. The van der Waals surface area contributed by atoms with Crippen LogP contribution >= 0.6 is 0 Å². The standard InChI is InChI=1S/C15H10F3N3.C11H7F2N2.Ir/c16-15(17,18)12-6-8-14(9-7-12)21-11-20(10-19-21)13-4-2-1-3-5-13;1-7-4-5-14-9(6-7)8-2-3-10(12)15-11(8)13;/h1-8,10-11H;3-6H,1H3;/q-2;-1;+3. The van der Waals surface area contributed by atoms with Crippen LogP contribution in [0.2, 0.25) is 0 Å². The van der Waals surface area contributed by atoms with Crippen molar-refractivity contribution >= 4 is 17.7 Å². The van der Waals surface area contributed by atoms with E-state index in [1.165, 1.54) is 11.1 Å². The molecule has 3 heterocycles. The summed E-state index contributed by atoms with van der Waals surface area (Å²) in [6.45, 7) is 3.54. The van der Waals surface area contributed by atoms with E-state index >= 15 is 0 Å². The Kier molecular flexibility index (Phi) is 9.07. The molecule has 0 amide bonds. The van der Waals surface area contributed by atoms with Crippen molar-refractivity contribution < 1.29 is 42.1 Å². The zero-order valence-corrected chi connectivity index (χ0v) is 21.4. The van der Waals surface area contributed by atoms with Crippen LogP contribution in [0.4, 0.5) is 33.3 Å². The predicted molar refractivity (Wildman–Crippen MR) is 125 cm³/mol. The van der Waals surface area contributed by atoms with Crippen LogP contribution in [0.5, 0.6) is 0 Å². The van der Waals surface area contributed by atoms with Gasteiger partial charge in [-0.1, -0.05) is 52.7 Å². The molecule has 0 saturated carbocycles. The van der Waals surface area contributed by atoms with Gasteiger partial charge in [0.25, 0.3) is 0 Å². The van der Waals surface area contributed by atoms with Crippen LogP contribution in [0, 0.1) is 37.6 Å². The first-order chi connectivity index (χ1) is 17.2. The normalized spacial score (nSPS) is 12.6. The molecule has 1 aliphatic rings. The van der Waals surface area contributed by atoms with Gasteiger partial charge in [0.15, 0.2) is 0 Å². The van der Waals surface area contributed by atoms with Crippen molar-refractivity contribution in [3.63, 3.8) is 0 Å². The van der Waals surface area contributed by atoms with Crippen LogP contribution in [0.25, 0.3) is 11.3 Å².